The average molecular weight is 334 g/mol. The molecular weight excluding hydrogens is 320 g/mol. The Morgan fingerprint density at radius 3 is 2.48 bits per heavy atom. The lowest BCUT2D eigenvalue weighted by atomic mass is 10.1. The number of aromatic carboxylic acids is 1. The maximum Gasteiger partial charge on any atom is 0.412 e. The average Bonchev–Trinajstić information content (AvgIpc) is 2.83. The number of ether oxygens (including phenoxy) is 1. The second kappa shape index (κ2) is 6.93. The first-order valence-electron chi connectivity index (χ1n) is 6.54. The molecule has 2 amide bonds. The Labute approximate surface area is 135 Å². The Hall–Kier alpha value is -2.87. The number of primary amides is 1. The smallest absolute Gasteiger partial charge is 0.412 e. The molecule has 0 atom stereocenters. The molecule has 2 aromatic rings. The van der Waals surface area contributed by atoms with Crippen LogP contribution in [-0.4, -0.2) is 23.1 Å². The van der Waals surface area contributed by atoms with Crippen LogP contribution in [0.3, 0.4) is 0 Å². The van der Waals surface area contributed by atoms with Gasteiger partial charge in [0, 0.05) is 0 Å². The van der Waals surface area contributed by atoms with Crippen LogP contribution in [0.25, 0.3) is 0 Å². The van der Waals surface area contributed by atoms with E-state index in [-0.39, 0.29) is 27.6 Å². The minimum atomic E-state index is -1.26. The van der Waals surface area contributed by atoms with E-state index in [1.54, 1.807) is 24.3 Å². The third-order valence-corrected chi connectivity index (χ3v) is 4.23. The molecule has 8 heteroatoms. The van der Waals surface area contributed by atoms with Crippen LogP contribution < -0.4 is 11.1 Å². The summed E-state index contributed by atoms with van der Waals surface area (Å²) in [7, 11) is 0. The van der Waals surface area contributed by atoms with Crippen molar-refractivity contribution in [2.75, 3.05) is 5.32 Å². The van der Waals surface area contributed by atoms with Crippen LogP contribution in [0, 0.1) is 6.92 Å². The molecule has 23 heavy (non-hydrogen) atoms. The molecule has 0 spiro atoms. The van der Waals surface area contributed by atoms with E-state index in [0.717, 1.165) is 16.9 Å². The van der Waals surface area contributed by atoms with Gasteiger partial charge in [-0.05, 0) is 18.1 Å². The molecule has 0 saturated carbocycles. The summed E-state index contributed by atoms with van der Waals surface area (Å²) in [4.78, 5) is 34.5. The molecule has 1 heterocycles. The predicted octanol–water partition coefficient (Wildman–Crippen LogP) is 2.60. The van der Waals surface area contributed by atoms with Crippen molar-refractivity contribution in [3.05, 3.63) is 51.9 Å². The molecule has 0 saturated heterocycles. The van der Waals surface area contributed by atoms with Gasteiger partial charge in [-0.3, -0.25) is 10.1 Å². The fraction of sp³-hybridized carbons (Fsp3) is 0.133. The first-order valence-corrected chi connectivity index (χ1v) is 7.36. The van der Waals surface area contributed by atoms with Gasteiger partial charge in [0.05, 0.1) is 10.4 Å². The van der Waals surface area contributed by atoms with E-state index in [4.69, 9.17) is 10.5 Å². The maximum atomic E-state index is 11.8. The van der Waals surface area contributed by atoms with Gasteiger partial charge < -0.3 is 15.6 Å². The van der Waals surface area contributed by atoms with Crippen molar-refractivity contribution in [1.82, 2.24) is 0 Å². The highest BCUT2D eigenvalue weighted by atomic mass is 32.1. The number of carboxylic acids is 1. The van der Waals surface area contributed by atoms with Gasteiger partial charge in [0.1, 0.15) is 11.6 Å². The van der Waals surface area contributed by atoms with Gasteiger partial charge in [-0.15, -0.1) is 11.3 Å². The van der Waals surface area contributed by atoms with Crippen LogP contribution in [-0.2, 0) is 11.3 Å². The van der Waals surface area contributed by atoms with E-state index < -0.39 is 18.0 Å². The topological polar surface area (TPSA) is 119 Å². The van der Waals surface area contributed by atoms with Crippen molar-refractivity contribution in [3.8, 4) is 0 Å². The third kappa shape index (κ3) is 3.86. The molecule has 0 aliphatic rings. The monoisotopic (exact) mass is 334 g/mol. The van der Waals surface area contributed by atoms with Crippen molar-refractivity contribution in [2.45, 2.75) is 13.5 Å². The largest absolute Gasteiger partial charge is 0.478 e. The first kappa shape index (κ1) is 16.5. The summed E-state index contributed by atoms with van der Waals surface area (Å²) >= 11 is 0.805. The second-order valence-electron chi connectivity index (χ2n) is 4.62. The summed E-state index contributed by atoms with van der Waals surface area (Å²) < 4.78 is 5.02. The molecule has 120 valence electrons. The normalized spacial score (nSPS) is 10.1. The van der Waals surface area contributed by atoms with Gasteiger partial charge in [0.2, 0.25) is 0 Å². The second-order valence-corrected chi connectivity index (χ2v) is 5.64. The van der Waals surface area contributed by atoms with Crippen LogP contribution in [0.15, 0.2) is 30.3 Å². The molecule has 0 unspecified atom stereocenters. The maximum absolute atomic E-state index is 11.8. The number of benzene rings is 1. The number of carboxylic acid groups (broad SMARTS) is 1. The number of amides is 2. The Kier molecular flexibility index (Phi) is 4.97. The highest BCUT2D eigenvalue weighted by Gasteiger charge is 2.24. The molecule has 0 fully saturated rings. The van der Waals surface area contributed by atoms with Crippen molar-refractivity contribution in [1.29, 1.82) is 0 Å². The van der Waals surface area contributed by atoms with Crippen LogP contribution in [0.4, 0.5) is 9.80 Å². The van der Waals surface area contributed by atoms with Gasteiger partial charge in [-0.2, -0.15) is 0 Å². The lowest BCUT2D eigenvalue weighted by molar-refractivity contribution is 0.0697. The van der Waals surface area contributed by atoms with Crippen molar-refractivity contribution in [3.63, 3.8) is 0 Å². The lowest BCUT2D eigenvalue weighted by Gasteiger charge is -2.06. The zero-order valence-corrected chi connectivity index (χ0v) is 13.0. The summed E-state index contributed by atoms with van der Waals surface area (Å²) in [6, 6.07) is 9.02. The summed E-state index contributed by atoms with van der Waals surface area (Å²) in [6.07, 6.45) is -0.811. The number of nitrogens with one attached hydrogen (secondary N) is 1. The quantitative estimate of drug-likeness (QED) is 0.776. The van der Waals surface area contributed by atoms with Gasteiger partial charge in [0.15, 0.2) is 0 Å². The number of rotatable bonds is 5. The van der Waals surface area contributed by atoms with Gasteiger partial charge in [0.25, 0.3) is 5.91 Å². The SMILES string of the molecule is Cc1c(C(N)=O)sc(NC(=O)OCc2ccccc2)c1C(=O)O. The summed E-state index contributed by atoms with van der Waals surface area (Å²) in [5, 5.41) is 11.6. The van der Waals surface area contributed by atoms with Gasteiger partial charge in [-0.25, -0.2) is 9.59 Å². The Morgan fingerprint density at radius 1 is 1.26 bits per heavy atom. The van der Waals surface area contributed by atoms with Crippen LogP contribution in [0.5, 0.6) is 0 Å². The molecule has 1 aromatic carbocycles. The molecule has 0 bridgehead atoms. The number of anilines is 1. The molecule has 1 aromatic heterocycles. The van der Waals surface area contributed by atoms with Crippen molar-refractivity contribution >= 4 is 34.3 Å². The number of carbonyl (C=O) groups excluding carboxylic acids is 2. The fourth-order valence-corrected chi connectivity index (χ4v) is 2.98. The molecule has 0 radical (unpaired) electrons. The standard InChI is InChI=1S/C15H14N2O5S/c1-8-10(14(19)20)13(23-11(8)12(16)18)17-15(21)22-7-9-5-3-2-4-6-9/h2-6H,7H2,1H3,(H2,16,18)(H,17,21)(H,19,20). The van der Waals surface area contributed by atoms with E-state index >= 15 is 0 Å². The zero-order valence-electron chi connectivity index (χ0n) is 12.2. The fourth-order valence-electron chi connectivity index (χ4n) is 1.95. The molecule has 7 nitrogen and oxygen atoms in total. The minimum absolute atomic E-state index is 0.0156. The molecule has 4 N–H and O–H groups in total. The molecule has 0 aliphatic carbocycles. The third-order valence-electron chi connectivity index (χ3n) is 3.01. The Balaban J connectivity index is 2.13. The van der Waals surface area contributed by atoms with E-state index in [0.29, 0.717) is 0 Å². The highest BCUT2D eigenvalue weighted by Crippen LogP contribution is 2.32. The van der Waals surface area contributed by atoms with E-state index in [1.807, 2.05) is 6.07 Å². The van der Waals surface area contributed by atoms with Crippen LogP contribution >= 0.6 is 11.3 Å². The predicted molar refractivity (Wildman–Crippen MR) is 84.8 cm³/mol. The van der Waals surface area contributed by atoms with Crippen LogP contribution in [0.1, 0.15) is 31.2 Å². The number of nitrogens with two attached hydrogens (primary N) is 1. The molecular formula is C15H14N2O5S. The summed E-state index contributed by atoms with van der Waals surface area (Å²) in [6.45, 7) is 1.50. The van der Waals surface area contributed by atoms with Gasteiger partial charge >= 0.3 is 12.1 Å². The summed E-state index contributed by atoms with van der Waals surface area (Å²) in [5.74, 6) is -2.01. The molecule has 0 aliphatic heterocycles. The molecule has 2 rings (SSSR count). The van der Waals surface area contributed by atoms with E-state index in [9.17, 15) is 19.5 Å². The lowest BCUT2D eigenvalue weighted by Crippen LogP contribution is -2.15. The van der Waals surface area contributed by atoms with Gasteiger partial charge in [-0.1, -0.05) is 30.3 Å². The Bertz CT molecular complexity index is 755. The van der Waals surface area contributed by atoms with Crippen molar-refractivity contribution in [2.24, 2.45) is 5.73 Å². The number of carbonyl (C=O) groups is 3. The van der Waals surface area contributed by atoms with E-state index in [1.165, 1.54) is 6.92 Å². The minimum Gasteiger partial charge on any atom is -0.478 e. The Morgan fingerprint density at radius 2 is 1.91 bits per heavy atom. The van der Waals surface area contributed by atoms with E-state index in [2.05, 4.69) is 5.32 Å². The first-order chi connectivity index (χ1) is 10.9. The number of hydrogen-bond donors (Lipinski definition) is 3. The highest BCUT2D eigenvalue weighted by molar-refractivity contribution is 7.18. The zero-order chi connectivity index (χ0) is 17.0. The number of hydrogen-bond acceptors (Lipinski definition) is 5. The van der Waals surface area contributed by atoms with Crippen molar-refractivity contribution < 1.29 is 24.2 Å². The number of thiophene rings is 1. The summed E-state index contributed by atoms with van der Waals surface area (Å²) in [5.41, 5.74) is 6.04. The van der Waals surface area contributed by atoms with Crippen LogP contribution in [0.2, 0.25) is 0 Å².